The van der Waals surface area contributed by atoms with Crippen molar-refractivity contribution < 1.29 is 14.3 Å². The fourth-order valence-electron chi connectivity index (χ4n) is 2.51. The maximum atomic E-state index is 12.2. The van der Waals surface area contributed by atoms with Crippen LogP contribution in [0.5, 0.6) is 0 Å². The second-order valence-electron chi connectivity index (χ2n) is 5.42. The molecule has 0 saturated carbocycles. The quantitative estimate of drug-likeness (QED) is 0.737. The number of nitrogens with zero attached hydrogens (tertiary/aromatic N) is 1. The Morgan fingerprint density at radius 2 is 1.96 bits per heavy atom. The summed E-state index contributed by atoms with van der Waals surface area (Å²) in [4.78, 5) is 25.5. The van der Waals surface area contributed by atoms with Gasteiger partial charge in [0.25, 0.3) is 0 Å². The van der Waals surface area contributed by atoms with Gasteiger partial charge in [-0.3, -0.25) is 9.59 Å². The first-order valence-electron chi connectivity index (χ1n) is 7.38. The SMILES string of the molecule is COC(=O)C1CCN(C(=O)CSCc2ccc(Cl)c(Cl)c2)CC1. The highest BCUT2D eigenvalue weighted by molar-refractivity contribution is 7.99. The molecule has 1 fully saturated rings. The van der Waals surface area contributed by atoms with Crippen molar-refractivity contribution in [1.29, 1.82) is 0 Å². The molecule has 1 saturated heterocycles. The van der Waals surface area contributed by atoms with Gasteiger partial charge in [0.15, 0.2) is 0 Å². The lowest BCUT2D eigenvalue weighted by Crippen LogP contribution is -2.41. The summed E-state index contributed by atoms with van der Waals surface area (Å²) in [5, 5.41) is 1.06. The summed E-state index contributed by atoms with van der Waals surface area (Å²) in [6, 6.07) is 5.50. The number of benzene rings is 1. The minimum absolute atomic E-state index is 0.0760. The van der Waals surface area contributed by atoms with E-state index in [1.807, 2.05) is 17.0 Å². The van der Waals surface area contributed by atoms with E-state index in [-0.39, 0.29) is 17.8 Å². The maximum absolute atomic E-state index is 12.2. The molecular formula is C16H19Cl2NO3S. The van der Waals surface area contributed by atoms with Crippen LogP contribution in [-0.2, 0) is 20.1 Å². The summed E-state index contributed by atoms with van der Waals surface area (Å²) >= 11 is 13.4. The monoisotopic (exact) mass is 375 g/mol. The maximum Gasteiger partial charge on any atom is 0.308 e. The van der Waals surface area contributed by atoms with Gasteiger partial charge in [0.2, 0.25) is 5.91 Å². The van der Waals surface area contributed by atoms with Crippen molar-refractivity contribution in [3.05, 3.63) is 33.8 Å². The summed E-state index contributed by atoms with van der Waals surface area (Å²) in [6.45, 7) is 1.23. The highest BCUT2D eigenvalue weighted by Crippen LogP contribution is 2.25. The summed E-state index contributed by atoms with van der Waals surface area (Å²) in [5.74, 6) is 0.988. The van der Waals surface area contributed by atoms with Gasteiger partial charge in [-0.2, -0.15) is 0 Å². The van der Waals surface area contributed by atoms with Crippen LogP contribution in [0, 0.1) is 5.92 Å². The average Bonchev–Trinajstić information content (AvgIpc) is 2.57. The van der Waals surface area contributed by atoms with Gasteiger partial charge >= 0.3 is 5.97 Å². The van der Waals surface area contributed by atoms with Crippen molar-refractivity contribution in [1.82, 2.24) is 4.90 Å². The number of likely N-dealkylation sites (tertiary alicyclic amines) is 1. The van der Waals surface area contributed by atoms with Crippen molar-refractivity contribution in [3.8, 4) is 0 Å². The Kier molecular flexibility index (Phi) is 7.06. The molecule has 4 nitrogen and oxygen atoms in total. The Bertz CT molecular complexity index is 574. The van der Waals surface area contributed by atoms with E-state index in [1.165, 1.54) is 7.11 Å². The molecule has 0 aliphatic carbocycles. The van der Waals surface area contributed by atoms with Gasteiger partial charge in [-0.05, 0) is 30.5 Å². The van der Waals surface area contributed by atoms with Crippen molar-refractivity contribution in [3.63, 3.8) is 0 Å². The third kappa shape index (κ3) is 5.30. The number of thioether (sulfide) groups is 1. The number of rotatable bonds is 5. The number of ether oxygens (including phenoxy) is 1. The molecule has 1 aromatic rings. The van der Waals surface area contributed by atoms with Gasteiger partial charge in [-0.1, -0.05) is 29.3 Å². The van der Waals surface area contributed by atoms with Gasteiger partial charge < -0.3 is 9.64 Å². The third-order valence-electron chi connectivity index (χ3n) is 3.86. The van der Waals surface area contributed by atoms with Crippen molar-refractivity contribution in [2.75, 3.05) is 26.0 Å². The van der Waals surface area contributed by atoms with Crippen LogP contribution in [0.1, 0.15) is 18.4 Å². The van der Waals surface area contributed by atoms with Crippen LogP contribution >= 0.6 is 35.0 Å². The molecule has 0 radical (unpaired) electrons. The van der Waals surface area contributed by atoms with Crippen LogP contribution in [0.3, 0.4) is 0 Å². The summed E-state index contributed by atoms with van der Waals surface area (Å²) in [7, 11) is 1.40. The zero-order valence-corrected chi connectivity index (χ0v) is 15.2. The second kappa shape index (κ2) is 8.81. The number of carbonyl (C=O) groups is 2. The van der Waals surface area contributed by atoms with Gasteiger partial charge in [0, 0.05) is 18.8 Å². The molecule has 0 aromatic heterocycles. The van der Waals surface area contributed by atoms with Crippen LogP contribution in [-0.4, -0.2) is 42.7 Å². The molecule has 1 heterocycles. The number of esters is 1. The molecule has 0 spiro atoms. The molecule has 1 aromatic carbocycles. The molecule has 2 rings (SSSR count). The van der Waals surface area contributed by atoms with Gasteiger partial charge in [-0.15, -0.1) is 11.8 Å². The van der Waals surface area contributed by atoms with E-state index in [0.717, 1.165) is 5.56 Å². The first kappa shape index (κ1) is 18.4. The van der Waals surface area contributed by atoms with E-state index in [4.69, 9.17) is 27.9 Å². The van der Waals surface area contributed by atoms with Crippen LogP contribution in [0.25, 0.3) is 0 Å². The van der Waals surface area contributed by atoms with Crippen LogP contribution < -0.4 is 0 Å². The third-order valence-corrected chi connectivity index (χ3v) is 5.59. The number of amides is 1. The first-order chi connectivity index (χ1) is 11.0. The number of halogens is 2. The van der Waals surface area contributed by atoms with Crippen LogP contribution in [0.15, 0.2) is 18.2 Å². The Morgan fingerprint density at radius 3 is 2.57 bits per heavy atom. The van der Waals surface area contributed by atoms with Crippen molar-refractivity contribution in [2.45, 2.75) is 18.6 Å². The summed E-state index contributed by atoms with van der Waals surface area (Å²) < 4.78 is 4.75. The molecule has 7 heteroatoms. The van der Waals surface area contributed by atoms with Gasteiger partial charge in [-0.25, -0.2) is 0 Å². The fraction of sp³-hybridized carbons (Fsp3) is 0.500. The van der Waals surface area contributed by atoms with Crippen molar-refractivity contribution >= 4 is 46.8 Å². The molecule has 0 N–H and O–H groups in total. The fourth-order valence-corrected chi connectivity index (χ4v) is 3.70. The molecular weight excluding hydrogens is 357 g/mol. The lowest BCUT2D eigenvalue weighted by Gasteiger charge is -2.30. The number of hydrogen-bond acceptors (Lipinski definition) is 4. The average molecular weight is 376 g/mol. The number of piperidine rings is 1. The predicted octanol–water partition coefficient (Wildman–Crippen LogP) is 3.64. The standard InChI is InChI=1S/C16H19Cl2NO3S/c1-22-16(21)12-4-6-19(7-5-12)15(20)10-23-9-11-2-3-13(17)14(18)8-11/h2-3,8,12H,4-7,9-10H2,1H3. The normalized spacial score (nSPS) is 15.5. The molecule has 126 valence electrons. The van der Waals surface area contributed by atoms with E-state index in [0.29, 0.717) is 47.5 Å². The molecule has 0 unspecified atom stereocenters. The lowest BCUT2D eigenvalue weighted by atomic mass is 9.97. The number of carbonyl (C=O) groups excluding carboxylic acids is 2. The van der Waals surface area contributed by atoms with E-state index in [1.54, 1.807) is 17.8 Å². The summed E-state index contributed by atoms with van der Waals surface area (Å²) in [6.07, 6.45) is 1.35. The molecule has 1 aliphatic heterocycles. The molecule has 0 atom stereocenters. The second-order valence-corrected chi connectivity index (χ2v) is 7.22. The van der Waals surface area contributed by atoms with E-state index in [9.17, 15) is 9.59 Å². The highest BCUT2D eigenvalue weighted by Gasteiger charge is 2.27. The zero-order chi connectivity index (χ0) is 16.8. The first-order valence-corrected chi connectivity index (χ1v) is 9.29. The van der Waals surface area contributed by atoms with E-state index < -0.39 is 0 Å². The molecule has 1 aliphatic rings. The Hall–Kier alpha value is -0.910. The molecule has 23 heavy (non-hydrogen) atoms. The number of hydrogen-bond donors (Lipinski definition) is 0. The largest absolute Gasteiger partial charge is 0.469 e. The Balaban J connectivity index is 1.73. The highest BCUT2D eigenvalue weighted by atomic mass is 35.5. The predicted molar refractivity (Wildman–Crippen MR) is 93.9 cm³/mol. The van der Waals surface area contributed by atoms with Gasteiger partial charge in [0.1, 0.15) is 0 Å². The smallest absolute Gasteiger partial charge is 0.308 e. The molecule has 1 amide bonds. The van der Waals surface area contributed by atoms with E-state index >= 15 is 0 Å². The number of methoxy groups -OCH3 is 1. The molecule has 0 bridgehead atoms. The minimum Gasteiger partial charge on any atom is -0.469 e. The lowest BCUT2D eigenvalue weighted by molar-refractivity contribution is -0.148. The Labute approximate surface area is 150 Å². The summed E-state index contributed by atoms with van der Waals surface area (Å²) in [5.41, 5.74) is 1.04. The van der Waals surface area contributed by atoms with E-state index in [2.05, 4.69) is 0 Å². The zero-order valence-electron chi connectivity index (χ0n) is 12.9. The minimum atomic E-state index is -0.175. The topological polar surface area (TPSA) is 46.6 Å². The van der Waals surface area contributed by atoms with Crippen LogP contribution in [0.4, 0.5) is 0 Å². The van der Waals surface area contributed by atoms with Crippen LogP contribution in [0.2, 0.25) is 10.0 Å². The Morgan fingerprint density at radius 1 is 1.26 bits per heavy atom. The van der Waals surface area contributed by atoms with Crippen molar-refractivity contribution in [2.24, 2.45) is 5.92 Å². The van der Waals surface area contributed by atoms with Gasteiger partial charge in [0.05, 0.1) is 28.8 Å².